The van der Waals surface area contributed by atoms with Gasteiger partial charge in [-0.3, -0.25) is 4.79 Å². The average molecular weight is 339 g/mol. The summed E-state index contributed by atoms with van der Waals surface area (Å²) in [4.78, 5) is 14.9. The Balaban J connectivity index is 1.78. The largest absolute Gasteiger partial charge is 0.497 e. The second-order valence-electron chi connectivity index (χ2n) is 6.62. The van der Waals surface area contributed by atoms with Crippen molar-refractivity contribution < 1.29 is 14.3 Å². The van der Waals surface area contributed by atoms with Crippen LogP contribution in [-0.4, -0.2) is 30.6 Å². The summed E-state index contributed by atoms with van der Waals surface area (Å²) < 4.78 is 11.0. The average Bonchev–Trinajstić information content (AvgIpc) is 3.11. The van der Waals surface area contributed by atoms with E-state index in [9.17, 15) is 4.79 Å². The van der Waals surface area contributed by atoms with Crippen LogP contribution in [0.3, 0.4) is 0 Å². The first-order valence-electron chi connectivity index (χ1n) is 8.80. The van der Waals surface area contributed by atoms with Crippen LogP contribution < -0.4 is 9.47 Å². The van der Waals surface area contributed by atoms with Gasteiger partial charge in [0, 0.05) is 12.1 Å². The molecule has 2 aromatic rings. The topological polar surface area (TPSA) is 38.8 Å². The molecular weight excluding hydrogens is 314 g/mol. The van der Waals surface area contributed by atoms with E-state index in [1.54, 1.807) is 7.11 Å². The van der Waals surface area contributed by atoms with Gasteiger partial charge in [-0.2, -0.15) is 0 Å². The molecule has 2 aromatic carbocycles. The molecule has 0 N–H and O–H groups in total. The summed E-state index contributed by atoms with van der Waals surface area (Å²) in [6.07, 6.45) is 2.12. The standard InChI is InChI=1S/C21H25NO3/c1-15(2)25-18-11-9-16(10-12-18)21(23)22-13-5-8-20(22)17-6-4-7-19(14-17)24-3/h4,6-7,9-12,14-15,20H,5,8,13H2,1-3H3. The molecule has 4 heteroatoms. The fraction of sp³-hybridized carbons (Fsp3) is 0.381. The number of hydrogen-bond donors (Lipinski definition) is 0. The molecular formula is C21H25NO3. The second-order valence-corrected chi connectivity index (χ2v) is 6.62. The molecule has 25 heavy (non-hydrogen) atoms. The first-order chi connectivity index (χ1) is 12.1. The van der Waals surface area contributed by atoms with Crippen LogP contribution in [0, 0.1) is 0 Å². The Bertz CT molecular complexity index is 724. The van der Waals surface area contributed by atoms with Gasteiger partial charge in [0.15, 0.2) is 0 Å². The molecule has 1 heterocycles. The number of nitrogens with zero attached hydrogens (tertiary/aromatic N) is 1. The highest BCUT2D eigenvalue weighted by Crippen LogP contribution is 2.34. The van der Waals surface area contributed by atoms with Gasteiger partial charge in [-0.1, -0.05) is 12.1 Å². The summed E-state index contributed by atoms with van der Waals surface area (Å²) >= 11 is 0. The number of carbonyl (C=O) groups excluding carboxylic acids is 1. The van der Waals surface area contributed by atoms with Crippen LogP contribution in [-0.2, 0) is 0 Å². The molecule has 1 aliphatic rings. The zero-order chi connectivity index (χ0) is 17.8. The maximum atomic E-state index is 13.0. The summed E-state index contributed by atoms with van der Waals surface area (Å²) in [5.74, 6) is 1.69. The van der Waals surface area contributed by atoms with E-state index >= 15 is 0 Å². The number of carbonyl (C=O) groups is 1. The first kappa shape index (κ1) is 17.3. The molecule has 1 unspecified atom stereocenters. The maximum absolute atomic E-state index is 13.0. The Hall–Kier alpha value is -2.49. The Kier molecular flexibility index (Phi) is 5.27. The highest BCUT2D eigenvalue weighted by Gasteiger charge is 2.30. The van der Waals surface area contributed by atoms with Gasteiger partial charge in [0.25, 0.3) is 5.91 Å². The van der Waals surface area contributed by atoms with Gasteiger partial charge >= 0.3 is 0 Å². The molecule has 4 nitrogen and oxygen atoms in total. The van der Waals surface area contributed by atoms with Crippen LogP contribution in [0.15, 0.2) is 48.5 Å². The highest BCUT2D eigenvalue weighted by molar-refractivity contribution is 5.94. The molecule has 3 rings (SSSR count). The van der Waals surface area contributed by atoms with Crippen LogP contribution in [0.5, 0.6) is 11.5 Å². The van der Waals surface area contributed by atoms with Gasteiger partial charge in [0.1, 0.15) is 11.5 Å². The second kappa shape index (κ2) is 7.60. The van der Waals surface area contributed by atoms with Crippen molar-refractivity contribution in [3.63, 3.8) is 0 Å². The van der Waals surface area contributed by atoms with E-state index in [-0.39, 0.29) is 18.1 Å². The smallest absolute Gasteiger partial charge is 0.254 e. The van der Waals surface area contributed by atoms with Crippen molar-refractivity contribution in [2.45, 2.75) is 38.8 Å². The number of ether oxygens (including phenoxy) is 2. The van der Waals surface area contributed by atoms with Crippen LogP contribution >= 0.6 is 0 Å². The van der Waals surface area contributed by atoms with E-state index in [2.05, 4.69) is 6.07 Å². The van der Waals surface area contributed by atoms with Gasteiger partial charge in [-0.15, -0.1) is 0 Å². The van der Waals surface area contributed by atoms with Gasteiger partial charge in [0.05, 0.1) is 19.3 Å². The lowest BCUT2D eigenvalue weighted by Crippen LogP contribution is -2.30. The highest BCUT2D eigenvalue weighted by atomic mass is 16.5. The summed E-state index contributed by atoms with van der Waals surface area (Å²) in [5.41, 5.74) is 1.83. The number of likely N-dealkylation sites (tertiary alicyclic amines) is 1. The minimum absolute atomic E-state index is 0.0708. The Morgan fingerprint density at radius 3 is 2.56 bits per heavy atom. The Labute approximate surface area is 149 Å². The molecule has 1 amide bonds. The normalized spacial score (nSPS) is 17.0. The van der Waals surface area contributed by atoms with Crippen molar-refractivity contribution in [1.82, 2.24) is 4.90 Å². The van der Waals surface area contributed by atoms with E-state index in [0.717, 1.165) is 36.4 Å². The summed E-state index contributed by atoms with van der Waals surface area (Å²) in [6, 6.07) is 15.5. The van der Waals surface area contributed by atoms with E-state index in [1.165, 1.54) is 0 Å². The molecule has 132 valence electrons. The molecule has 0 saturated carbocycles. The van der Waals surface area contributed by atoms with Crippen molar-refractivity contribution in [1.29, 1.82) is 0 Å². The number of methoxy groups -OCH3 is 1. The van der Waals surface area contributed by atoms with Gasteiger partial charge < -0.3 is 14.4 Å². The quantitative estimate of drug-likeness (QED) is 0.807. The first-order valence-corrected chi connectivity index (χ1v) is 8.80. The molecule has 0 radical (unpaired) electrons. The van der Waals surface area contributed by atoms with E-state index < -0.39 is 0 Å². The van der Waals surface area contributed by atoms with Gasteiger partial charge in [-0.05, 0) is 68.7 Å². The molecule has 0 aromatic heterocycles. The number of rotatable bonds is 5. The zero-order valence-corrected chi connectivity index (χ0v) is 15.1. The fourth-order valence-electron chi connectivity index (χ4n) is 3.32. The van der Waals surface area contributed by atoms with Crippen LogP contribution in [0.4, 0.5) is 0 Å². The van der Waals surface area contributed by atoms with Gasteiger partial charge in [-0.25, -0.2) is 0 Å². The summed E-state index contributed by atoms with van der Waals surface area (Å²) in [7, 11) is 1.66. The van der Waals surface area contributed by atoms with E-state index in [1.807, 2.05) is 61.2 Å². The van der Waals surface area contributed by atoms with Crippen molar-refractivity contribution in [3.05, 3.63) is 59.7 Å². The van der Waals surface area contributed by atoms with Gasteiger partial charge in [0.2, 0.25) is 0 Å². The predicted octanol–water partition coefficient (Wildman–Crippen LogP) is 4.46. The van der Waals surface area contributed by atoms with Crippen molar-refractivity contribution >= 4 is 5.91 Å². The molecule has 1 atom stereocenters. The molecule has 0 spiro atoms. The molecule has 1 saturated heterocycles. The molecule has 0 bridgehead atoms. The van der Waals surface area contributed by atoms with Crippen LogP contribution in [0.1, 0.15) is 48.7 Å². The fourth-order valence-corrected chi connectivity index (χ4v) is 3.32. The SMILES string of the molecule is COc1cccc(C2CCCN2C(=O)c2ccc(OC(C)C)cc2)c1. The third kappa shape index (κ3) is 3.95. The predicted molar refractivity (Wildman–Crippen MR) is 98.2 cm³/mol. The van der Waals surface area contributed by atoms with Crippen molar-refractivity contribution in [3.8, 4) is 11.5 Å². The molecule has 1 aliphatic heterocycles. The zero-order valence-electron chi connectivity index (χ0n) is 15.1. The van der Waals surface area contributed by atoms with E-state index in [0.29, 0.717) is 5.56 Å². The third-order valence-corrected chi connectivity index (χ3v) is 4.47. The van der Waals surface area contributed by atoms with Crippen LogP contribution in [0.2, 0.25) is 0 Å². The van der Waals surface area contributed by atoms with Crippen molar-refractivity contribution in [2.24, 2.45) is 0 Å². The lowest BCUT2D eigenvalue weighted by molar-refractivity contribution is 0.0735. The molecule has 0 aliphatic carbocycles. The van der Waals surface area contributed by atoms with Crippen molar-refractivity contribution in [2.75, 3.05) is 13.7 Å². The third-order valence-electron chi connectivity index (χ3n) is 4.47. The number of amides is 1. The van der Waals surface area contributed by atoms with Crippen LogP contribution in [0.25, 0.3) is 0 Å². The minimum atomic E-state index is 0.0708. The lowest BCUT2D eigenvalue weighted by atomic mass is 10.0. The summed E-state index contributed by atoms with van der Waals surface area (Å²) in [5, 5.41) is 0. The molecule has 1 fully saturated rings. The number of hydrogen-bond acceptors (Lipinski definition) is 3. The summed E-state index contributed by atoms with van der Waals surface area (Å²) in [6.45, 7) is 4.76. The number of benzene rings is 2. The Morgan fingerprint density at radius 1 is 1.12 bits per heavy atom. The maximum Gasteiger partial charge on any atom is 0.254 e. The minimum Gasteiger partial charge on any atom is -0.497 e. The monoisotopic (exact) mass is 339 g/mol. The lowest BCUT2D eigenvalue weighted by Gasteiger charge is -2.25. The van der Waals surface area contributed by atoms with E-state index in [4.69, 9.17) is 9.47 Å². The Morgan fingerprint density at radius 2 is 1.88 bits per heavy atom.